The van der Waals surface area contributed by atoms with Crippen LogP contribution in [-0.2, 0) is 36.8 Å². The molecule has 11 heteroatoms. The second-order valence-electron chi connectivity index (χ2n) is 12.9. The number of aromatic nitrogens is 2. The molecule has 0 fully saturated rings. The number of carbonyl (C=O) groups excluding carboxylic acids is 4. The van der Waals surface area contributed by atoms with Crippen molar-refractivity contribution in [3.63, 3.8) is 0 Å². The van der Waals surface area contributed by atoms with Crippen LogP contribution in [0.4, 0.5) is 0 Å². The number of nitrogens with one attached hydrogen (secondary N) is 4. The van der Waals surface area contributed by atoms with Crippen LogP contribution in [0, 0.1) is 10.8 Å². The number of aromatic amines is 2. The summed E-state index contributed by atoms with van der Waals surface area (Å²) in [5, 5.41) is 16.5. The minimum Gasteiger partial charge on any atom is -0.481 e. The van der Waals surface area contributed by atoms with Crippen molar-refractivity contribution < 1.29 is 29.1 Å². The van der Waals surface area contributed by atoms with Crippen LogP contribution in [-0.4, -0.2) is 63.6 Å². The first kappa shape index (κ1) is 35.7. The molecule has 0 saturated heterocycles. The number of hydrogen-bond acceptors (Lipinski definition) is 6. The Kier molecular flexibility index (Phi) is 11.6. The average Bonchev–Trinajstić information content (AvgIpc) is 3.60. The number of fused-ring (bicyclic) bond motifs is 2. The first-order valence-corrected chi connectivity index (χ1v) is 15.2. The van der Waals surface area contributed by atoms with Gasteiger partial charge in [-0.15, -0.1) is 0 Å². The summed E-state index contributed by atoms with van der Waals surface area (Å²) in [4.78, 5) is 65.7. The van der Waals surface area contributed by atoms with Gasteiger partial charge in [0.2, 0.25) is 11.8 Å². The number of carboxylic acids is 1. The van der Waals surface area contributed by atoms with Gasteiger partial charge in [0.1, 0.15) is 0 Å². The Morgan fingerprint density at radius 2 is 1.26 bits per heavy atom. The van der Waals surface area contributed by atoms with E-state index in [1.165, 1.54) is 20.8 Å². The number of rotatable bonds is 13. The van der Waals surface area contributed by atoms with Crippen LogP contribution in [0.1, 0.15) is 58.6 Å². The van der Waals surface area contributed by atoms with Gasteiger partial charge in [-0.05, 0) is 43.5 Å². The van der Waals surface area contributed by atoms with Crippen molar-refractivity contribution in [2.45, 2.75) is 72.4 Å². The van der Waals surface area contributed by atoms with Gasteiger partial charge in [-0.25, -0.2) is 0 Å². The molecule has 7 N–H and O–H groups in total. The third-order valence-corrected chi connectivity index (χ3v) is 8.05. The highest BCUT2D eigenvalue weighted by molar-refractivity contribution is 5.94. The molecule has 0 aliphatic rings. The van der Waals surface area contributed by atoms with Crippen molar-refractivity contribution in [3.8, 4) is 0 Å². The number of ketones is 2. The number of Topliss-reactive ketones (excluding diaryl/α,β-unsaturated/α-hetero) is 2. The van der Waals surface area contributed by atoms with Crippen molar-refractivity contribution in [2.75, 3.05) is 7.05 Å². The van der Waals surface area contributed by atoms with E-state index in [1.807, 2.05) is 60.9 Å². The van der Waals surface area contributed by atoms with Crippen LogP contribution >= 0.6 is 0 Å². The lowest BCUT2D eigenvalue weighted by Gasteiger charge is -2.23. The maximum Gasteiger partial charge on any atom is 0.309 e. The lowest BCUT2D eigenvalue weighted by atomic mass is 9.84. The number of H-pyrrole nitrogens is 2. The van der Waals surface area contributed by atoms with Gasteiger partial charge in [0.25, 0.3) is 0 Å². The Balaban J connectivity index is 0.000000251. The number of benzene rings is 2. The number of carboxylic acid groups (broad SMARTS) is 1. The molecule has 2 aromatic heterocycles. The summed E-state index contributed by atoms with van der Waals surface area (Å²) in [5.74, 6) is -1.90. The van der Waals surface area contributed by atoms with Crippen molar-refractivity contribution in [3.05, 3.63) is 72.1 Å². The fraction of sp³-hybridized carbons (Fsp3) is 0.400. The summed E-state index contributed by atoms with van der Waals surface area (Å²) in [7, 11) is 1.57. The molecule has 11 nitrogen and oxygen atoms in total. The number of hydrogen-bond donors (Lipinski definition) is 6. The summed E-state index contributed by atoms with van der Waals surface area (Å²) < 4.78 is 0. The van der Waals surface area contributed by atoms with Crippen LogP contribution in [0.2, 0.25) is 0 Å². The van der Waals surface area contributed by atoms with Crippen molar-refractivity contribution >= 4 is 51.2 Å². The van der Waals surface area contributed by atoms with Gasteiger partial charge < -0.3 is 31.4 Å². The molecular formula is C35H45N5O6. The molecule has 2 aromatic carbocycles. The molecule has 0 spiro atoms. The molecule has 4 aromatic rings. The van der Waals surface area contributed by atoms with Crippen molar-refractivity contribution in [1.29, 1.82) is 0 Å². The van der Waals surface area contributed by atoms with Gasteiger partial charge in [-0.1, -0.05) is 50.2 Å². The number of amides is 2. The van der Waals surface area contributed by atoms with Crippen molar-refractivity contribution in [2.24, 2.45) is 16.6 Å². The number of nitrogens with two attached hydrogens (primary N) is 1. The SMILES string of the molecule is CC(=O)N[C@H](Cc1c[nH]c2ccccc12)C(=O)CC(C)(C)C(=O)O.CNC(=O)C(C)(C)CC(=O)[C@H](N)Cc1c[nH]c2ccccc12. The molecule has 0 bridgehead atoms. The summed E-state index contributed by atoms with van der Waals surface area (Å²) in [6.45, 7) is 7.86. The third-order valence-electron chi connectivity index (χ3n) is 8.05. The molecule has 0 unspecified atom stereocenters. The van der Waals surface area contributed by atoms with Gasteiger partial charge >= 0.3 is 5.97 Å². The highest BCUT2D eigenvalue weighted by Crippen LogP contribution is 2.25. The molecule has 246 valence electrons. The van der Waals surface area contributed by atoms with Gasteiger partial charge in [-0.3, -0.25) is 24.0 Å². The normalized spacial score (nSPS) is 12.9. The summed E-state index contributed by atoms with van der Waals surface area (Å²) in [5.41, 5.74) is 8.05. The lowest BCUT2D eigenvalue weighted by molar-refractivity contribution is -0.149. The molecular weight excluding hydrogens is 586 g/mol. The van der Waals surface area contributed by atoms with E-state index in [2.05, 4.69) is 20.6 Å². The van der Waals surface area contributed by atoms with Crippen LogP contribution in [0.5, 0.6) is 0 Å². The second kappa shape index (κ2) is 15.0. The van der Waals surface area contributed by atoms with Gasteiger partial charge in [-0.2, -0.15) is 0 Å². The predicted molar refractivity (Wildman–Crippen MR) is 178 cm³/mol. The monoisotopic (exact) mass is 631 g/mol. The second-order valence-corrected chi connectivity index (χ2v) is 12.9. The first-order valence-electron chi connectivity index (χ1n) is 15.2. The van der Waals surface area contributed by atoms with E-state index in [4.69, 9.17) is 5.73 Å². The van der Waals surface area contributed by atoms with E-state index in [1.54, 1.807) is 20.9 Å². The van der Waals surface area contributed by atoms with E-state index in [9.17, 15) is 29.1 Å². The van der Waals surface area contributed by atoms with Crippen LogP contribution < -0.4 is 16.4 Å². The zero-order valence-corrected chi connectivity index (χ0v) is 27.3. The first-order chi connectivity index (χ1) is 21.6. The maximum atomic E-state index is 12.6. The highest BCUT2D eigenvalue weighted by atomic mass is 16.4. The molecule has 0 radical (unpaired) electrons. The third kappa shape index (κ3) is 9.13. The topological polar surface area (TPSA) is 187 Å². The Morgan fingerprint density at radius 3 is 1.74 bits per heavy atom. The fourth-order valence-electron chi connectivity index (χ4n) is 5.28. The highest BCUT2D eigenvalue weighted by Gasteiger charge is 2.34. The smallest absolute Gasteiger partial charge is 0.309 e. The molecule has 2 atom stereocenters. The zero-order chi connectivity index (χ0) is 34.2. The maximum absolute atomic E-state index is 12.6. The summed E-state index contributed by atoms with van der Waals surface area (Å²) in [6, 6.07) is 14.2. The lowest BCUT2D eigenvalue weighted by Crippen LogP contribution is -2.43. The standard InChI is InChI=1S/C18H22N2O4.C17H23N3O2/c1-11(21)20-15(16(22)9-18(2,3)17(23)24)8-12-10-19-14-7-5-4-6-13(12)14;1-17(2,16(22)19-3)9-15(21)13(18)8-11-10-20-14-7-5-4-6-12(11)14/h4-7,10,15,19H,8-9H2,1-3H3,(H,20,21)(H,23,24);4-7,10,13,20H,8-9,18H2,1-3H3,(H,19,22)/t15-;13-/m11/s1. The molecule has 2 heterocycles. The molecule has 0 aliphatic carbocycles. The Bertz CT molecular complexity index is 1720. The fourth-order valence-corrected chi connectivity index (χ4v) is 5.28. The minimum atomic E-state index is -1.17. The largest absolute Gasteiger partial charge is 0.481 e. The van der Waals surface area contributed by atoms with E-state index in [0.29, 0.717) is 12.8 Å². The van der Waals surface area contributed by atoms with Crippen LogP contribution in [0.15, 0.2) is 60.9 Å². The average molecular weight is 632 g/mol. The number of carbonyl (C=O) groups is 5. The van der Waals surface area contributed by atoms with E-state index in [-0.39, 0.29) is 36.2 Å². The molecule has 4 rings (SSSR count). The molecule has 0 saturated carbocycles. The van der Waals surface area contributed by atoms with E-state index >= 15 is 0 Å². The minimum absolute atomic E-state index is 0.0983. The van der Waals surface area contributed by atoms with Crippen molar-refractivity contribution in [1.82, 2.24) is 20.6 Å². The Hall–Kier alpha value is -4.77. The predicted octanol–water partition coefficient (Wildman–Crippen LogP) is 4.05. The number of aliphatic carboxylic acids is 1. The summed E-state index contributed by atoms with van der Waals surface area (Å²) >= 11 is 0. The van der Waals surface area contributed by atoms with Gasteiger partial charge in [0, 0.05) is 67.4 Å². The zero-order valence-electron chi connectivity index (χ0n) is 27.3. The summed E-state index contributed by atoms with van der Waals surface area (Å²) in [6.07, 6.45) is 4.48. The molecule has 0 aliphatic heterocycles. The molecule has 46 heavy (non-hydrogen) atoms. The Labute approximate surface area is 268 Å². The quantitative estimate of drug-likeness (QED) is 0.128. The van der Waals surface area contributed by atoms with Gasteiger partial charge in [0.15, 0.2) is 11.6 Å². The van der Waals surface area contributed by atoms with E-state index in [0.717, 1.165) is 32.9 Å². The van der Waals surface area contributed by atoms with Crippen LogP contribution in [0.25, 0.3) is 21.8 Å². The Morgan fingerprint density at radius 1 is 0.783 bits per heavy atom. The van der Waals surface area contributed by atoms with Gasteiger partial charge in [0.05, 0.1) is 22.9 Å². The van der Waals surface area contributed by atoms with E-state index < -0.39 is 28.9 Å². The number of para-hydroxylation sites is 2. The van der Waals surface area contributed by atoms with Crippen LogP contribution in [0.3, 0.4) is 0 Å². The molecule has 2 amide bonds.